The predicted octanol–water partition coefficient (Wildman–Crippen LogP) is 7.24. The number of halogens is 2. The minimum Gasteiger partial charge on any atom is -0.550 e. The van der Waals surface area contributed by atoms with Crippen molar-refractivity contribution in [2.75, 3.05) is 24.5 Å². The van der Waals surface area contributed by atoms with Crippen LogP contribution in [0.25, 0.3) is 16.3 Å². The summed E-state index contributed by atoms with van der Waals surface area (Å²) in [5, 5.41) is 16.6. The highest BCUT2D eigenvalue weighted by molar-refractivity contribution is 8.03. The Morgan fingerprint density at radius 1 is 1.02 bits per heavy atom. The highest BCUT2D eigenvalue weighted by atomic mass is 35.5. The number of thioether (sulfide) groups is 1. The van der Waals surface area contributed by atoms with Crippen molar-refractivity contribution in [1.29, 1.82) is 0 Å². The van der Waals surface area contributed by atoms with Gasteiger partial charge in [0, 0.05) is 88.5 Å². The Morgan fingerprint density at radius 2 is 1.78 bits per heavy atom. The molecule has 10 heteroatoms. The van der Waals surface area contributed by atoms with Crippen molar-refractivity contribution >= 4 is 80.2 Å². The molecule has 5 rings (SSSR count). The van der Waals surface area contributed by atoms with Crippen LogP contribution < -0.4 is 19.9 Å². The van der Waals surface area contributed by atoms with Crippen molar-refractivity contribution in [3.63, 3.8) is 0 Å². The number of carbonyl (C=O) groups excluding carboxylic acids is 2. The average Bonchev–Trinajstić information content (AvgIpc) is 3.53. The summed E-state index contributed by atoms with van der Waals surface area (Å²) in [4.78, 5) is 28.2. The number of benzene rings is 3. The largest absolute Gasteiger partial charge is 0.550 e. The molecule has 0 fully saturated rings. The van der Waals surface area contributed by atoms with Crippen molar-refractivity contribution in [2.24, 2.45) is 0 Å². The van der Waals surface area contributed by atoms with Gasteiger partial charge in [-0.1, -0.05) is 65.4 Å². The fraction of sp³-hybridized carbons (Fsp3) is 0.343. The monoisotopic (exact) mass is 681 g/mol. The number of aliphatic carboxylic acids is 1. The summed E-state index contributed by atoms with van der Waals surface area (Å²) >= 11 is 16.4. The normalized spacial score (nSPS) is 15.0. The molecule has 1 aromatic heterocycles. The van der Waals surface area contributed by atoms with Crippen molar-refractivity contribution < 1.29 is 19.3 Å². The van der Waals surface area contributed by atoms with Crippen LogP contribution in [-0.4, -0.2) is 31.5 Å². The standard InChI is InChI=1S/C35H37Cl2N3O3S2/c1-3-27-28-20-24(36)9-13-30(28)44-32(27)22-34-40(29-21-25(37)10-14-31(29)45-34)17-6-5-16-38-33(41)15-18-39(4-2)26-11-7-23(8-12-26)19-35(42)43/h7-14,20-22,27H,3-6,15-19H2,1-2H3,(H-,38,41,42,43)/b32-22-. The van der Waals surface area contributed by atoms with Gasteiger partial charge in [0.2, 0.25) is 11.4 Å². The number of allylic oxidation sites excluding steroid dienone is 1. The van der Waals surface area contributed by atoms with Gasteiger partial charge in [-0.3, -0.25) is 4.79 Å². The molecular formula is C35H37Cl2N3O3S2. The number of carbonyl (C=O) groups is 2. The Bertz CT molecular complexity index is 1700. The van der Waals surface area contributed by atoms with Crippen LogP contribution in [0.4, 0.5) is 5.69 Å². The Hall–Kier alpha value is -3.04. The van der Waals surface area contributed by atoms with Crippen LogP contribution in [0.3, 0.4) is 0 Å². The van der Waals surface area contributed by atoms with E-state index in [1.807, 2.05) is 49.0 Å². The summed E-state index contributed by atoms with van der Waals surface area (Å²) < 4.78 is 3.56. The summed E-state index contributed by atoms with van der Waals surface area (Å²) in [7, 11) is 0. The number of carboxylic acids is 1. The van der Waals surface area contributed by atoms with Gasteiger partial charge in [0.1, 0.15) is 4.70 Å². The molecule has 0 spiro atoms. The van der Waals surface area contributed by atoms with Gasteiger partial charge in [-0.15, -0.1) is 0 Å². The van der Waals surface area contributed by atoms with Gasteiger partial charge >= 0.3 is 0 Å². The van der Waals surface area contributed by atoms with Gasteiger partial charge in [-0.2, -0.15) is 4.57 Å². The van der Waals surface area contributed by atoms with Crippen LogP contribution in [0.5, 0.6) is 0 Å². The van der Waals surface area contributed by atoms with Crippen LogP contribution >= 0.6 is 46.3 Å². The highest BCUT2D eigenvalue weighted by Crippen LogP contribution is 2.51. The van der Waals surface area contributed by atoms with Gasteiger partial charge in [0.15, 0.2) is 6.54 Å². The maximum atomic E-state index is 12.6. The number of rotatable bonds is 14. The first-order valence-corrected chi connectivity index (χ1v) is 17.8. The summed E-state index contributed by atoms with van der Waals surface area (Å²) in [5.74, 6) is -0.739. The number of hydrogen-bond acceptors (Lipinski definition) is 6. The van der Waals surface area contributed by atoms with E-state index in [-0.39, 0.29) is 12.3 Å². The molecule has 45 heavy (non-hydrogen) atoms. The van der Waals surface area contributed by atoms with Crippen molar-refractivity contribution in [3.05, 3.63) is 91.7 Å². The number of aromatic nitrogens is 1. The van der Waals surface area contributed by atoms with E-state index in [1.165, 1.54) is 25.1 Å². The van der Waals surface area contributed by atoms with Gasteiger partial charge in [0.25, 0.3) is 5.01 Å². The molecule has 0 saturated carbocycles. The summed E-state index contributed by atoms with van der Waals surface area (Å²) in [6, 6.07) is 19.6. The predicted molar refractivity (Wildman–Crippen MR) is 185 cm³/mol. The number of carboxylic acid groups (broad SMARTS) is 1. The molecule has 1 atom stereocenters. The third-order valence-electron chi connectivity index (χ3n) is 8.06. The number of thiazole rings is 1. The van der Waals surface area contributed by atoms with E-state index < -0.39 is 5.97 Å². The second kappa shape index (κ2) is 15.5. The van der Waals surface area contributed by atoms with Gasteiger partial charge in [-0.25, -0.2) is 0 Å². The van der Waals surface area contributed by atoms with Crippen LogP contribution in [-0.2, 0) is 22.6 Å². The quantitative estimate of drug-likeness (QED) is 0.112. The number of anilines is 1. The summed E-state index contributed by atoms with van der Waals surface area (Å²) in [6.45, 7) is 7.04. The zero-order chi connectivity index (χ0) is 31.9. The Balaban J connectivity index is 1.17. The molecule has 4 aromatic rings. The molecule has 1 aliphatic rings. The number of nitrogens with one attached hydrogen (secondary N) is 1. The third-order valence-corrected chi connectivity index (χ3v) is 10.9. The Kier molecular flexibility index (Phi) is 11.5. The lowest BCUT2D eigenvalue weighted by Gasteiger charge is -2.23. The number of nitrogens with zero attached hydrogens (tertiary/aromatic N) is 2. The second-order valence-corrected chi connectivity index (χ2v) is 14.1. The molecule has 3 aromatic carbocycles. The maximum absolute atomic E-state index is 12.6. The maximum Gasteiger partial charge on any atom is 0.263 e. The molecule has 6 nitrogen and oxygen atoms in total. The first-order chi connectivity index (χ1) is 21.7. The number of unbranched alkanes of at least 4 members (excludes halogenated alkanes) is 1. The van der Waals surface area contributed by atoms with E-state index in [0.29, 0.717) is 31.0 Å². The highest BCUT2D eigenvalue weighted by Gasteiger charge is 2.29. The lowest BCUT2D eigenvalue weighted by molar-refractivity contribution is -0.669. The van der Waals surface area contributed by atoms with Crippen LogP contribution in [0.15, 0.2) is 70.5 Å². The SMILES string of the molecule is CCC1/C(=C/c2sc3ccc(Cl)cc3[n+]2CCCCNC(=O)CCN(CC)c2ccc(CC(=O)[O-])cc2)Sc2ccc(Cl)cc21. The van der Waals surface area contributed by atoms with E-state index in [9.17, 15) is 14.7 Å². The molecular weight excluding hydrogens is 645 g/mol. The zero-order valence-corrected chi connectivity index (χ0v) is 28.6. The number of hydrogen-bond donors (Lipinski definition) is 1. The number of aryl methyl sites for hydroxylation is 1. The summed E-state index contributed by atoms with van der Waals surface area (Å²) in [5.41, 5.74) is 4.10. The molecule has 1 N–H and O–H groups in total. The van der Waals surface area contributed by atoms with Crippen molar-refractivity contribution in [1.82, 2.24) is 5.32 Å². The van der Waals surface area contributed by atoms with E-state index in [1.54, 1.807) is 23.5 Å². The van der Waals surface area contributed by atoms with E-state index >= 15 is 0 Å². The molecule has 0 bridgehead atoms. The number of amides is 1. The third kappa shape index (κ3) is 8.41. The lowest BCUT2D eigenvalue weighted by Crippen LogP contribution is -2.36. The Morgan fingerprint density at radius 3 is 2.51 bits per heavy atom. The first-order valence-electron chi connectivity index (χ1n) is 15.4. The number of fused-ring (bicyclic) bond motifs is 2. The van der Waals surface area contributed by atoms with E-state index in [0.717, 1.165) is 53.6 Å². The van der Waals surface area contributed by atoms with Crippen LogP contribution in [0.1, 0.15) is 61.6 Å². The smallest absolute Gasteiger partial charge is 0.263 e. The van der Waals surface area contributed by atoms with Crippen LogP contribution in [0, 0.1) is 0 Å². The minimum atomic E-state index is -1.10. The van der Waals surface area contributed by atoms with Crippen molar-refractivity contribution in [2.45, 2.75) is 63.3 Å². The zero-order valence-electron chi connectivity index (χ0n) is 25.5. The van der Waals surface area contributed by atoms with E-state index in [2.05, 4.69) is 46.0 Å². The molecule has 1 amide bonds. The fourth-order valence-electron chi connectivity index (χ4n) is 5.73. The topological polar surface area (TPSA) is 76.4 Å². The first kappa shape index (κ1) is 33.3. The Labute approximate surface area is 283 Å². The fourth-order valence-corrected chi connectivity index (χ4v) is 8.59. The second-order valence-electron chi connectivity index (χ2n) is 11.1. The molecule has 0 radical (unpaired) electrons. The minimum absolute atomic E-state index is 0.0244. The van der Waals surface area contributed by atoms with Crippen LogP contribution in [0.2, 0.25) is 10.0 Å². The van der Waals surface area contributed by atoms with Crippen molar-refractivity contribution in [3.8, 4) is 0 Å². The molecule has 0 aliphatic carbocycles. The molecule has 0 saturated heterocycles. The lowest BCUT2D eigenvalue weighted by atomic mass is 9.96. The van der Waals surface area contributed by atoms with Gasteiger partial charge in [0.05, 0.1) is 0 Å². The van der Waals surface area contributed by atoms with Gasteiger partial charge < -0.3 is 20.1 Å². The average molecular weight is 683 g/mol. The van der Waals surface area contributed by atoms with Gasteiger partial charge in [-0.05, 0) is 73.4 Å². The summed E-state index contributed by atoms with van der Waals surface area (Å²) in [6.07, 6.45) is 5.41. The molecule has 2 heterocycles. The molecule has 1 aliphatic heterocycles. The molecule has 236 valence electrons. The molecule has 1 unspecified atom stereocenters. The van der Waals surface area contributed by atoms with E-state index in [4.69, 9.17) is 23.2 Å².